The van der Waals surface area contributed by atoms with Gasteiger partial charge in [-0.2, -0.15) is 0 Å². The summed E-state index contributed by atoms with van der Waals surface area (Å²) in [5, 5.41) is 14.1. The molecule has 1 aromatic carbocycles. The fourth-order valence-electron chi connectivity index (χ4n) is 2.54. The maximum Gasteiger partial charge on any atom is 0.319 e. The summed E-state index contributed by atoms with van der Waals surface area (Å²) < 4.78 is 27.4. The van der Waals surface area contributed by atoms with Crippen LogP contribution < -0.4 is 10.6 Å². The molecule has 1 fully saturated rings. The Labute approximate surface area is 121 Å². The van der Waals surface area contributed by atoms with Crippen molar-refractivity contribution in [3.05, 3.63) is 29.3 Å². The van der Waals surface area contributed by atoms with Crippen molar-refractivity contribution < 1.29 is 18.7 Å². The minimum absolute atomic E-state index is 0.0542. The number of hydrogen-bond acceptors (Lipinski definition) is 2. The lowest BCUT2D eigenvalue weighted by Crippen LogP contribution is -2.50. The van der Waals surface area contributed by atoms with Crippen molar-refractivity contribution in [1.29, 1.82) is 0 Å². The maximum absolute atomic E-state index is 13.7. The molecule has 0 aromatic heterocycles. The van der Waals surface area contributed by atoms with E-state index in [1.165, 1.54) is 0 Å². The van der Waals surface area contributed by atoms with Crippen LogP contribution in [0.3, 0.4) is 0 Å². The highest BCUT2D eigenvalue weighted by atomic mass is 19.1. The SMILES string of the molecule is C#Cc1cc(F)c(NC(=O)NC2(CO)CCCC2)c(F)c1. The number of aliphatic hydroxyl groups excluding tert-OH is 1. The van der Waals surface area contributed by atoms with Gasteiger partial charge in [-0.1, -0.05) is 18.8 Å². The number of carbonyl (C=O) groups is 1. The van der Waals surface area contributed by atoms with Gasteiger partial charge in [-0.3, -0.25) is 0 Å². The van der Waals surface area contributed by atoms with Crippen LogP contribution in [0.1, 0.15) is 31.2 Å². The van der Waals surface area contributed by atoms with E-state index in [0.717, 1.165) is 25.0 Å². The molecule has 6 heteroatoms. The first-order valence-electron chi connectivity index (χ1n) is 6.65. The first-order valence-corrected chi connectivity index (χ1v) is 6.65. The van der Waals surface area contributed by atoms with Gasteiger partial charge in [0.05, 0.1) is 12.1 Å². The molecule has 1 aliphatic carbocycles. The number of hydrogen-bond donors (Lipinski definition) is 3. The van der Waals surface area contributed by atoms with Gasteiger partial charge in [-0.15, -0.1) is 6.42 Å². The van der Waals surface area contributed by atoms with Gasteiger partial charge in [0.25, 0.3) is 0 Å². The van der Waals surface area contributed by atoms with E-state index >= 15 is 0 Å². The average molecular weight is 294 g/mol. The molecule has 0 radical (unpaired) electrons. The predicted molar refractivity (Wildman–Crippen MR) is 74.7 cm³/mol. The van der Waals surface area contributed by atoms with Crippen molar-refractivity contribution >= 4 is 11.7 Å². The van der Waals surface area contributed by atoms with Crippen molar-refractivity contribution in [3.8, 4) is 12.3 Å². The van der Waals surface area contributed by atoms with E-state index in [4.69, 9.17) is 6.42 Å². The zero-order chi connectivity index (χ0) is 15.5. The third-order valence-corrected chi connectivity index (χ3v) is 3.69. The summed E-state index contributed by atoms with van der Waals surface area (Å²) in [6.45, 7) is -0.207. The second-order valence-electron chi connectivity index (χ2n) is 5.18. The molecule has 2 amide bonds. The van der Waals surface area contributed by atoms with Crippen LogP contribution in [0, 0.1) is 24.0 Å². The minimum Gasteiger partial charge on any atom is -0.394 e. The van der Waals surface area contributed by atoms with Gasteiger partial charge in [0.1, 0.15) is 5.69 Å². The molecular formula is C15H16F2N2O2. The van der Waals surface area contributed by atoms with E-state index in [9.17, 15) is 18.7 Å². The molecule has 3 N–H and O–H groups in total. The molecular weight excluding hydrogens is 278 g/mol. The van der Waals surface area contributed by atoms with Gasteiger partial charge >= 0.3 is 6.03 Å². The van der Waals surface area contributed by atoms with Crippen molar-refractivity contribution in [2.45, 2.75) is 31.2 Å². The first-order chi connectivity index (χ1) is 9.99. The van der Waals surface area contributed by atoms with E-state index in [1.807, 2.05) is 0 Å². The van der Waals surface area contributed by atoms with Crippen molar-refractivity contribution in [3.63, 3.8) is 0 Å². The van der Waals surface area contributed by atoms with E-state index < -0.39 is 28.9 Å². The largest absolute Gasteiger partial charge is 0.394 e. The van der Waals surface area contributed by atoms with Crippen LogP contribution in [0.25, 0.3) is 0 Å². The molecule has 0 spiro atoms. The summed E-state index contributed by atoms with van der Waals surface area (Å²) in [6.07, 6.45) is 8.12. The monoisotopic (exact) mass is 294 g/mol. The highest BCUT2D eigenvalue weighted by Gasteiger charge is 2.34. The molecule has 0 aliphatic heterocycles. The second kappa shape index (κ2) is 6.10. The predicted octanol–water partition coefficient (Wildman–Crippen LogP) is 2.37. The van der Waals surface area contributed by atoms with E-state index in [1.54, 1.807) is 0 Å². The Hall–Kier alpha value is -2.13. The summed E-state index contributed by atoms with van der Waals surface area (Å²) >= 11 is 0. The molecule has 2 rings (SSSR count). The number of urea groups is 1. The van der Waals surface area contributed by atoms with Crippen molar-refractivity contribution in [1.82, 2.24) is 5.32 Å². The topological polar surface area (TPSA) is 61.4 Å². The van der Waals surface area contributed by atoms with Gasteiger partial charge in [-0.05, 0) is 25.0 Å². The van der Waals surface area contributed by atoms with Crippen LogP contribution >= 0.6 is 0 Å². The van der Waals surface area contributed by atoms with Crippen LogP contribution in [-0.2, 0) is 0 Å². The Balaban J connectivity index is 2.11. The zero-order valence-corrected chi connectivity index (χ0v) is 11.4. The Morgan fingerprint density at radius 2 is 1.90 bits per heavy atom. The van der Waals surface area contributed by atoms with Crippen LogP contribution in [0.2, 0.25) is 0 Å². The van der Waals surface area contributed by atoms with E-state index in [2.05, 4.69) is 16.6 Å². The molecule has 0 unspecified atom stereocenters. The number of anilines is 1. The van der Waals surface area contributed by atoms with Crippen LogP contribution in [0.4, 0.5) is 19.3 Å². The smallest absolute Gasteiger partial charge is 0.319 e. The Morgan fingerprint density at radius 1 is 1.33 bits per heavy atom. The number of rotatable bonds is 3. The number of halogens is 2. The highest BCUT2D eigenvalue weighted by Crippen LogP contribution is 2.29. The summed E-state index contributed by atoms with van der Waals surface area (Å²) in [6, 6.07) is 1.18. The van der Waals surface area contributed by atoms with Crippen LogP contribution in [-0.4, -0.2) is 23.3 Å². The fraction of sp³-hybridized carbons (Fsp3) is 0.400. The average Bonchev–Trinajstić information content (AvgIpc) is 2.91. The summed E-state index contributed by atoms with van der Waals surface area (Å²) in [5.41, 5.74) is -1.22. The number of benzene rings is 1. The van der Waals surface area contributed by atoms with E-state index in [0.29, 0.717) is 12.8 Å². The summed E-state index contributed by atoms with van der Waals surface area (Å²) in [4.78, 5) is 11.9. The normalized spacial score (nSPS) is 16.3. The highest BCUT2D eigenvalue weighted by molar-refractivity contribution is 5.90. The maximum atomic E-state index is 13.7. The van der Waals surface area contributed by atoms with Gasteiger partial charge in [-0.25, -0.2) is 13.6 Å². The molecule has 0 saturated heterocycles. The van der Waals surface area contributed by atoms with Gasteiger partial charge < -0.3 is 15.7 Å². The summed E-state index contributed by atoms with van der Waals surface area (Å²) in [7, 11) is 0. The number of terminal acetylenes is 1. The van der Waals surface area contributed by atoms with Gasteiger partial charge in [0.15, 0.2) is 11.6 Å². The lowest BCUT2D eigenvalue weighted by atomic mass is 9.99. The van der Waals surface area contributed by atoms with Gasteiger partial charge in [0, 0.05) is 5.56 Å². The van der Waals surface area contributed by atoms with Crippen molar-refractivity contribution in [2.24, 2.45) is 0 Å². The Kier molecular flexibility index (Phi) is 4.43. The summed E-state index contributed by atoms with van der Waals surface area (Å²) in [5.74, 6) is 0.238. The third kappa shape index (κ3) is 3.31. The number of aliphatic hydroxyl groups is 1. The fourth-order valence-corrected chi connectivity index (χ4v) is 2.54. The molecule has 112 valence electrons. The Bertz CT molecular complexity index is 567. The molecule has 0 bridgehead atoms. The number of nitrogens with one attached hydrogen (secondary N) is 2. The number of carbonyl (C=O) groups excluding carboxylic acids is 1. The minimum atomic E-state index is -0.942. The molecule has 21 heavy (non-hydrogen) atoms. The molecule has 1 aliphatic rings. The molecule has 1 saturated carbocycles. The second-order valence-corrected chi connectivity index (χ2v) is 5.18. The van der Waals surface area contributed by atoms with Gasteiger partial charge in [0.2, 0.25) is 0 Å². The molecule has 0 atom stereocenters. The lowest BCUT2D eigenvalue weighted by Gasteiger charge is -2.28. The quantitative estimate of drug-likeness (QED) is 0.750. The molecule has 1 aromatic rings. The number of amides is 2. The zero-order valence-electron chi connectivity index (χ0n) is 11.4. The lowest BCUT2D eigenvalue weighted by molar-refractivity contribution is 0.167. The third-order valence-electron chi connectivity index (χ3n) is 3.69. The van der Waals surface area contributed by atoms with Crippen LogP contribution in [0.5, 0.6) is 0 Å². The molecule has 0 heterocycles. The standard InChI is InChI=1S/C15H16F2N2O2/c1-2-10-7-11(16)13(12(17)8-10)18-14(21)19-15(9-20)5-3-4-6-15/h1,7-8,20H,3-6,9H2,(H2,18,19,21). The van der Waals surface area contributed by atoms with Crippen LogP contribution in [0.15, 0.2) is 12.1 Å². The molecule has 4 nitrogen and oxygen atoms in total. The van der Waals surface area contributed by atoms with E-state index in [-0.39, 0.29) is 12.2 Å². The Morgan fingerprint density at radius 3 is 2.38 bits per heavy atom. The van der Waals surface area contributed by atoms with Crippen molar-refractivity contribution in [2.75, 3.05) is 11.9 Å². The first kappa shape index (κ1) is 15.3.